The van der Waals surface area contributed by atoms with E-state index in [0.29, 0.717) is 12.1 Å². The van der Waals surface area contributed by atoms with Crippen molar-refractivity contribution in [1.29, 1.82) is 0 Å². The molecule has 2 atom stereocenters. The third kappa shape index (κ3) is 2.98. The van der Waals surface area contributed by atoms with E-state index in [1.54, 1.807) is 23.5 Å². The molecule has 0 radical (unpaired) electrons. The highest BCUT2D eigenvalue weighted by Gasteiger charge is 2.34. The minimum atomic E-state index is -0.216. The van der Waals surface area contributed by atoms with E-state index in [-0.39, 0.29) is 5.82 Å². The maximum atomic E-state index is 13.0. The fourth-order valence-electron chi connectivity index (χ4n) is 3.40. The molecule has 2 aromatic rings. The highest BCUT2D eigenvalue weighted by atomic mass is 32.1. The maximum absolute atomic E-state index is 13.0. The van der Waals surface area contributed by atoms with Crippen molar-refractivity contribution in [3.05, 3.63) is 35.5 Å². The van der Waals surface area contributed by atoms with E-state index in [4.69, 9.17) is 9.72 Å². The largest absolute Gasteiger partial charge is 0.378 e. The van der Waals surface area contributed by atoms with Crippen LogP contribution in [0.4, 0.5) is 9.52 Å². The number of hydrogen-bond donors (Lipinski definition) is 0. The van der Waals surface area contributed by atoms with E-state index >= 15 is 0 Å². The van der Waals surface area contributed by atoms with Gasteiger partial charge in [0, 0.05) is 36.6 Å². The zero-order valence-corrected chi connectivity index (χ0v) is 13.9. The summed E-state index contributed by atoms with van der Waals surface area (Å²) in [7, 11) is 0. The molecule has 4 rings (SSSR count). The Bertz CT molecular complexity index is 675. The molecule has 23 heavy (non-hydrogen) atoms. The van der Waals surface area contributed by atoms with Crippen LogP contribution in [-0.4, -0.2) is 54.8 Å². The van der Waals surface area contributed by atoms with Crippen molar-refractivity contribution >= 4 is 16.5 Å². The minimum Gasteiger partial charge on any atom is -0.378 e. The van der Waals surface area contributed by atoms with Gasteiger partial charge in [-0.05, 0) is 31.2 Å². The molecule has 1 aromatic heterocycles. The van der Waals surface area contributed by atoms with Crippen molar-refractivity contribution in [2.75, 3.05) is 37.7 Å². The van der Waals surface area contributed by atoms with E-state index in [1.807, 2.05) is 0 Å². The lowest BCUT2D eigenvalue weighted by Crippen LogP contribution is -2.61. The van der Waals surface area contributed by atoms with Crippen molar-refractivity contribution in [2.24, 2.45) is 0 Å². The summed E-state index contributed by atoms with van der Waals surface area (Å²) in [6.07, 6.45) is 0. The van der Waals surface area contributed by atoms with Crippen molar-refractivity contribution in [1.82, 2.24) is 9.88 Å². The summed E-state index contributed by atoms with van der Waals surface area (Å²) < 4.78 is 18.7. The third-order valence-corrected chi connectivity index (χ3v) is 5.57. The van der Waals surface area contributed by atoms with Crippen molar-refractivity contribution in [3.63, 3.8) is 0 Å². The molecule has 0 unspecified atom stereocenters. The van der Waals surface area contributed by atoms with Crippen LogP contribution in [0, 0.1) is 5.82 Å². The number of nitrogens with zero attached hydrogens (tertiary/aromatic N) is 3. The van der Waals surface area contributed by atoms with Crippen LogP contribution < -0.4 is 4.90 Å². The van der Waals surface area contributed by atoms with Gasteiger partial charge in [0.2, 0.25) is 0 Å². The number of morpholine rings is 1. The van der Waals surface area contributed by atoms with Gasteiger partial charge in [-0.3, -0.25) is 4.90 Å². The molecule has 0 spiro atoms. The first-order chi connectivity index (χ1) is 11.2. The fraction of sp³-hybridized carbons (Fsp3) is 0.471. The van der Waals surface area contributed by atoms with Crippen LogP contribution in [-0.2, 0) is 4.74 Å². The van der Waals surface area contributed by atoms with Crippen molar-refractivity contribution in [2.45, 2.75) is 19.0 Å². The highest BCUT2D eigenvalue weighted by Crippen LogP contribution is 2.30. The summed E-state index contributed by atoms with van der Waals surface area (Å²) in [6.45, 7) is 6.88. The van der Waals surface area contributed by atoms with Gasteiger partial charge in [0.05, 0.1) is 24.9 Å². The zero-order chi connectivity index (χ0) is 15.8. The predicted molar refractivity (Wildman–Crippen MR) is 90.5 cm³/mol. The molecule has 0 aliphatic carbocycles. The van der Waals surface area contributed by atoms with Gasteiger partial charge >= 0.3 is 0 Å². The normalized spacial score (nSPS) is 25.4. The molecular formula is C17H20FN3OS. The fourth-order valence-corrected chi connectivity index (χ4v) is 4.28. The van der Waals surface area contributed by atoms with Crippen LogP contribution in [0.3, 0.4) is 0 Å². The van der Waals surface area contributed by atoms with Crippen LogP contribution in [0.2, 0.25) is 0 Å². The zero-order valence-electron chi connectivity index (χ0n) is 13.1. The van der Waals surface area contributed by atoms with E-state index < -0.39 is 0 Å². The van der Waals surface area contributed by atoms with Crippen molar-refractivity contribution < 1.29 is 9.13 Å². The van der Waals surface area contributed by atoms with Crippen LogP contribution in [0.5, 0.6) is 0 Å². The lowest BCUT2D eigenvalue weighted by atomic mass is 10.1. The number of fused-ring (bicyclic) bond motifs is 1. The van der Waals surface area contributed by atoms with Crippen LogP contribution in [0.25, 0.3) is 11.3 Å². The van der Waals surface area contributed by atoms with E-state index in [1.165, 1.54) is 12.1 Å². The van der Waals surface area contributed by atoms with Crippen molar-refractivity contribution in [3.8, 4) is 11.3 Å². The van der Waals surface area contributed by atoms with Gasteiger partial charge in [0.15, 0.2) is 5.13 Å². The summed E-state index contributed by atoms with van der Waals surface area (Å²) in [6, 6.07) is 7.47. The molecule has 3 heterocycles. The predicted octanol–water partition coefficient (Wildman–Crippen LogP) is 2.86. The SMILES string of the molecule is C[C@H]1COC[C@H]2CN(c3nc(-c4ccc(F)cc4)cs3)CCN21. The monoisotopic (exact) mass is 333 g/mol. The molecule has 0 N–H and O–H groups in total. The van der Waals surface area contributed by atoms with Gasteiger partial charge in [0.1, 0.15) is 5.82 Å². The molecule has 2 aliphatic heterocycles. The first-order valence-corrected chi connectivity index (χ1v) is 8.88. The lowest BCUT2D eigenvalue weighted by molar-refractivity contribution is -0.0468. The van der Waals surface area contributed by atoms with E-state index in [2.05, 4.69) is 22.1 Å². The molecule has 6 heteroatoms. The number of hydrogen-bond acceptors (Lipinski definition) is 5. The standard InChI is InChI=1S/C17H20FN3OS/c1-12-9-22-10-15-8-20(6-7-21(12)15)17-19-16(11-23-17)13-2-4-14(18)5-3-13/h2-5,11-12,15H,6-10H2,1H3/t12-,15+/m0/s1. The Labute approximate surface area is 139 Å². The number of halogens is 1. The minimum absolute atomic E-state index is 0.216. The van der Waals surface area contributed by atoms with Crippen LogP contribution >= 0.6 is 11.3 Å². The summed E-state index contributed by atoms with van der Waals surface area (Å²) in [4.78, 5) is 9.65. The molecule has 2 saturated heterocycles. The van der Waals surface area contributed by atoms with Crippen LogP contribution in [0.15, 0.2) is 29.6 Å². The maximum Gasteiger partial charge on any atom is 0.185 e. The quantitative estimate of drug-likeness (QED) is 0.845. The Kier molecular flexibility index (Phi) is 4.05. The van der Waals surface area contributed by atoms with E-state index in [9.17, 15) is 4.39 Å². The van der Waals surface area contributed by atoms with E-state index in [0.717, 1.165) is 49.2 Å². The van der Waals surface area contributed by atoms with Crippen LogP contribution in [0.1, 0.15) is 6.92 Å². The van der Waals surface area contributed by atoms with Gasteiger partial charge in [-0.25, -0.2) is 9.37 Å². The smallest absolute Gasteiger partial charge is 0.185 e. The molecule has 2 fully saturated rings. The number of rotatable bonds is 2. The molecule has 4 nitrogen and oxygen atoms in total. The second-order valence-electron chi connectivity index (χ2n) is 6.25. The molecule has 1 aromatic carbocycles. The Morgan fingerprint density at radius 1 is 1.22 bits per heavy atom. The molecule has 0 saturated carbocycles. The topological polar surface area (TPSA) is 28.6 Å². The van der Waals surface area contributed by atoms with Gasteiger partial charge in [-0.2, -0.15) is 0 Å². The van der Waals surface area contributed by atoms with Gasteiger partial charge < -0.3 is 9.64 Å². The molecular weight excluding hydrogens is 313 g/mol. The number of ether oxygens (including phenoxy) is 1. The highest BCUT2D eigenvalue weighted by molar-refractivity contribution is 7.14. The average Bonchev–Trinajstić information content (AvgIpc) is 3.05. The number of thiazole rings is 1. The van der Waals surface area contributed by atoms with Gasteiger partial charge in [-0.15, -0.1) is 11.3 Å². The summed E-state index contributed by atoms with van der Waals surface area (Å²) >= 11 is 1.66. The lowest BCUT2D eigenvalue weighted by Gasteiger charge is -2.46. The number of aromatic nitrogens is 1. The molecule has 122 valence electrons. The molecule has 0 bridgehead atoms. The molecule has 0 amide bonds. The van der Waals surface area contributed by atoms with Gasteiger partial charge in [-0.1, -0.05) is 0 Å². The average molecular weight is 333 g/mol. The summed E-state index contributed by atoms with van der Waals surface area (Å²) in [5.74, 6) is -0.216. The van der Waals surface area contributed by atoms with Gasteiger partial charge in [0.25, 0.3) is 0 Å². The third-order valence-electron chi connectivity index (χ3n) is 4.67. The Balaban J connectivity index is 1.50. The number of benzene rings is 1. The number of anilines is 1. The first kappa shape index (κ1) is 15.1. The first-order valence-electron chi connectivity index (χ1n) is 8.00. The summed E-state index contributed by atoms with van der Waals surface area (Å²) in [5, 5.41) is 3.09. The Morgan fingerprint density at radius 2 is 2.04 bits per heavy atom. The Hall–Kier alpha value is -1.50. The second kappa shape index (κ2) is 6.19. The summed E-state index contributed by atoms with van der Waals surface area (Å²) in [5.41, 5.74) is 1.88. The Morgan fingerprint density at radius 3 is 2.87 bits per heavy atom. The molecule has 2 aliphatic rings. The number of piperazine rings is 1. The second-order valence-corrected chi connectivity index (χ2v) is 7.08.